The fourth-order valence-electron chi connectivity index (χ4n) is 4.17. The van der Waals surface area contributed by atoms with Gasteiger partial charge in [-0.2, -0.15) is 0 Å². The van der Waals surface area contributed by atoms with Crippen LogP contribution in [0.2, 0.25) is 0 Å². The summed E-state index contributed by atoms with van der Waals surface area (Å²) in [6.45, 7) is 12.1. The summed E-state index contributed by atoms with van der Waals surface area (Å²) in [6, 6.07) is 1.57. The van der Waals surface area contributed by atoms with E-state index >= 15 is 0 Å². The van der Waals surface area contributed by atoms with E-state index in [1.807, 2.05) is 0 Å². The van der Waals surface area contributed by atoms with E-state index in [2.05, 4.69) is 38.3 Å². The smallest absolute Gasteiger partial charge is 0.00698 e. The van der Waals surface area contributed by atoms with Gasteiger partial charge in [-0.1, -0.05) is 27.7 Å². The molecule has 21 heavy (non-hydrogen) atoms. The van der Waals surface area contributed by atoms with E-state index in [1.165, 1.54) is 58.0 Å². The van der Waals surface area contributed by atoms with E-state index in [-0.39, 0.29) is 0 Å². The first-order valence-corrected chi connectivity index (χ1v) is 9.53. The van der Waals surface area contributed by atoms with Gasteiger partial charge in [0, 0.05) is 12.1 Å². The molecule has 0 saturated heterocycles. The summed E-state index contributed by atoms with van der Waals surface area (Å²) in [5, 5.41) is 7.57. The van der Waals surface area contributed by atoms with Gasteiger partial charge in [-0.15, -0.1) is 0 Å². The van der Waals surface area contributed by atoms with Gasteiger partial charge < -0.3 is 10.6 Å². The first-order valence-electron chi connectivity index (χ1n) is 9.53. The van der Waals surface area contributed by atoms with Crippen molar-refractivity contribution in [2.75, 3.05) is 13.1 Å². The van der Waals surface area contributed by atoms with Gasteiger partial charge in [0.2, 0.25) is 0 Å². The molecule has 0 aliphatic heterocycles. The van der Waals surface area contributed by atoms with Crippen LogP contribution in [-0.4, -0.2) is 25.2 Å². The molecular formula is C19H38N2. The minimum Gasteiger partial charge on any atom is -0.314 e. The number of hydrogen-bond donors (Lipinski definition) is 2. The lowest BCUT2D eigenvalue weighted by Crippen LogP contribution is -2.39. The number of rotatable bonds is 6. The standard InChI is InChI=1S/C19H38N2/c1-14-6-8-18(12-16(14)3)20-10-5-11-21-19-9-7-15(2)17(4)13-19/h14-21H,5-13H2,1-4H3. The second-order valence-corrected chi connectivity index (χ2v) is 8.19. The lowest BCUT2D eigenvalue weighted by molar-refractivity contribution is 0.220. The largest absolute Gasteiger partial charge is 0.314 e. The molecule has 2 saturated carbocycles. The minimum absolute atomic E-state index is 0.784. The summed E-state index contributed by atoms with van der Waals surface area (Å²) >= 11 is 0. The highest BCUT2D eigenvalue weighted by Crippen LogP contribution is 2.30. The van der Waals surface area contributed by atoms with Crippen molar-refractivity contribution < 1.29 is 0 Å². The van der Waals surface area contributed by atoms with Crippen molar-refractivity contribution in [3.05, 3.63) is 0 Å². The van der Waals surface area contributed by atoms with Crippen LogP contribution in [-0.2, 0) is 0 Å². The van der Waals surface area contributed by atoms with Crippen LogP contribution in [0.5, 0.6) is 0 Å². The Kier molecular flexibility index (Phi) is 7.01. The first kappa shape index (κ1) is 17.3. The first-order chi connectivity index (χ1) is 10.1. The molecule has 2 N–H and O–H groups in total. The maximum atomic E-state index is 3.79. The second kappa shape index (κ2) is 8.53. The van der Waals surface area contributed by atoms with Gasteiger partial charge in [0.1, 0.15) is 0 Å². The molecule has 0 amide bonds. The van der Waals surface area contributed by atoms with Crippen LogP contribution in [0.4, 0.5) is 0 Å². The molecule has 0 aromatic heterocycles. The van der Waals surface area contributed by atoms with E-state index in [4.69, 9.17) is 0 Å². The van der Waals surface area contributed by atoms with E-state index < -0.39 is 0 Å². The fraction of sp³-hybridized carbons (Fsp3) is 1.00. The van der Waals surface area contributed by atoms with Crippen LogP contribution in [0.25, 0.3) is 0 Å². The Morgan fingerprint density at radius 3 is 1.43 bits per heavy atom. The summed E-state index contributed by atoms with van der Waals surface area (Å²) < 4.78 is 0. The monoisotopic (exact) mass is 294 g/mol. The van der Waals surface area contributed by atoms with Crippen molar-refractivity contribution in [1.29, 1.82) is 0 Å². The molecule has 2 fully saturated rings. The van der Waals surface area contributed by atoms with Gasteiger partial charge in [-0.3, -0.25) is 0 Å². The highest BCUT2D eigenvalue weighted by atomic mass is 14.9. The van der Waals surface area contributed by atoms with Crippen LogP contribution in [0, 0.1) is 23.7 Å². The SMILES string of the molecule is CC1CCC(NCCCNC2CCC(C)C(C)C2)CC1C. The third-order valence-electron chi connectivity index (χ3n) is 6.42. The van der Waals surface area contributed by atoms with E-state index in [0.717, 1.165) is 35.8 Å². The summed E-state index contributed by atoms with van der Waals surface area (Å²) in [6.07, 6.45) is 9.64. The van der Waals surface area contributed by atoms with Gasteiger partial charge >= 0.3 is 0 Å². The lowest BCUT2D eigenvalue weighted by Gasteiger charge is -2.33. The molecule has 0 heterocycles. The Balaban J connectivity index is 1.50. The van der Waals surface area contributed by atoms with Crippen LogP contribution < -0.4 is 10.6 Å². The average molecular weight is 295 g/mol. The zero-order valence-electron chi connectivity index (χ0n) is 14.8. The number of hydrogen-bond acceptors (Lipinski definition) is 2. The van der Waals surface area contributed by atoms with Crippen molar-refractivity contribution in [2.24, 2.45) is 23.7 Å². The quantitative estimate of drug-likeness (QED) is 0.717. The molecule has 0 spiro atoms. The van der Waals surface area contributed by atoms with Crippen molar-refractivity contribution in [2.45, 2.75) is 84.7 Å². The maximum absolute atomic E-state index is 3.79. The average Bonchev–Trinajstić information content (AvgIpc) is 2.46. The molecule has 2 aliphatic rings. The fourth-order valence-corrected chi connectivity index (χ4v) is 4.17. The predicted octanol–water partition coefficient (Wildman–Crippen LogP) is 4.21. The van der Waals surface area contributed by atoms with E-state index in [0.29, 0.717) is 0 Å². The molecular weight excluding hydrogens is 256 g/mol. The summed E-state index contributed by atoms with van der Waals surface area (Å²) in [5.41, 5.74) is 0. The Morgan fingerprint density at radius 1 is 0.619 bits per heavy atom. The van der Waals surface area contributed by atoms with Crippen molar-refractivity contribution >= 4 is 0 Å². The topological polar surface area (TPSA) is 24.1 Å². The lowest BCUT2D eigenvalue weighted by atomic mass is 9.79. The molecule has 0 bridgehead atoms. The molecule has 2 nitrogen and oxygen atoms in total. The van der Waals surface area contributed by atoms with Crippen molar-refractivity contribution in [3.8, 4) is 0 Å². The summed E-state index contributed by atoms with van der Waals surface area (Å²) in [5.74, 6) is 3.67. The van der Waals surface area contributed by atoms with E-state index in [1.54, 1.807) is 0 Å². The third-order valence-corrected chi connectivity index (χ3v) is 6.42. The van der Waals surface area contributed by atoms with E-state index in [9.17, 15) is 0 Å². The second-order valence-electron chi connectivity index (χ2n) is 8.19. The Labute approximate surface area is 132 Å². The highest BCUT2D eigenvalue weighted by molar-refractivity contribution is 4.81. The molecule has 0 aromatic rings. The van der Waals surface area contributed by atoms with Crippen LogP contribution in [0.15, 0.2) is 0 Å². The zero-order chi connectivity index (χ0) is 15.2. The Morgan fingerprint density at radius 2 is 1.05 bits per heavy atom. The van der Waals surface area contributed by atoms with Gasteiger partial charge in [0.05, 0.1) is 0 Å². The number of nitrogens with one attached hydrogen (secondary N) is 2. The van der Waals surface area contributed by atoms with Crippen LogP contribution in [0.1, 0.15) is 72.6 Å². The molecule has 2 aliphatic carbocycles. The summed E-state index contributed by atoms with van der Waals surface area (Å²) in [7, 11) is 0. The Bertz CT molecular complexity index is 263. The van der Waals surface area contributed by atoms with Crippen LogP contribution >= 0.6 is 0 Å². The molecule has 0 aromatic carbocycles. The minimum atomic E-state index is 0.784. The molecule has 2 rings (SSSR count). The molecule has 2 heteroatoms. The molecule has 124 valence electrons. The summed E-state index contributed by atoms with van der Waals surface area (Å²) in [4.78, 5) is 0. The highest BCUT2D eigenvalue weighted by Gasteiger charge is 2.25. The van der Waals surface area contributed by atoms with Crippen LogP contribution in [0.3, 0.4) is 0 Å². The van der Waals surface area contributed by atoms with Gasteiger partial charge in [-0.05, 0) is 81.7 Å². The van der Waals surface area contributed by atoms with Crippen molar-refractivity contribution in [3.63, 3.8) is 0 Å². The van der Waals surface area contributed by atoms with Gasteiger partial charge in [0.25, 0.3) is 0 Å². The Hall–Kier alpha value is -0.0800. The van der Waals surface area contributed by atoms with Crippen molar-refractivity contribution in [1.82, 2.24) is 10.6 Å². The van der Waals surface area contributed by atoms with Gasteiger partial charge in [0.15, 0.2) is 0 Å². The zero-order valence-corrected chi connectivity index (χ0v) is 14.8. The third kappa shape index (κ3) is 5.56. The van der Waals surface area contributed by atoms with Gasteiger partial charge in [-0.25, -0.2) is 0 Å². The molecule has 6 unspecified atom stereocenters. The normalized spacial score (nSPS) is 41.1. The maximum Gasteiger partial charge on any atom is 0.00698 e. The molecule has 6 atom stereocenters. The predicted molar refractivity (Wildman–Crippen MR) is 92.6 cm³/mol. The molecule has 0 radical (unpaired) electrons.